The Bertz CT molecular complexity index is 327. The number of nitrogens with zero attached hydrogens (tertiary/aromatic N) is 1. The van der Waals surface area contributed by atoms with Gasteiger partial charge in [0.1, 0.15) is 0 Å². The molecule has 7 heteroatoms. The van der Waals surface area contributed by atoms with Crippen LogP contribution in [0.3, 0.4) is 0 Å². The van der Waals surface area contributed by atoms with E-state index >= 15 is 0 Å². The van der Waals surface area contributed by atoms with E-state index in [0.717, 1.165) is 10.7 Å². The van der Waals surface area contributed by atoms with Crippen molar-refractivity contribution in [2.75, 3.05) is 20.6 Å². The van der Waals surface area contributed by atoms with E-state index in [1.54, 1.807) is 0 Å². The molecule has 1 atom stereocenters. The Morgan fingerprint density at radius 3 is 2.35 bits per heavy atom. The average molecular weight is 266 g/mol. The van der Waals surface area contributed by atoms with Crippen molar-refractivity contribution in [1.29, 1.82) is 0 Å². The summed E-state index contributed by atoms with van der Waals surface area (Å²) in [5.74, 6) is -0.562. The molecular formula is C10H22N2O4S. The molecule has 0 radical (unpaired) electrons. The number of carboxylic acids is 1. The lowest BCUT2D eigenvalue weighted by Crippen LogP contribution is -2.36. The lowest BCUT2D eigenvalue weighted by molar-refractivity contribution is -0.137. The van der Waals surface area contributed by atoms with E-state index in [1.165, 1.54) is 14.1 Å². The predicted molar refractivity (Wildman–Crippen MR) is 65.9 cm³/mol. The highest BCUT2D eigenvalue weighted by atomic mass is 32.2. The molecule has 0 aromatic heterocycles. The summed E-state index contributed by atoms with van der Waals surface area (Å²) < 4.78 is 26.4. The fourth-order valence-electron chi connectivity index (χ4n) is 1.40. The van der Waals surface area contributed by atoms with Crippen molar-refractivity contribution in [3.8, 4) is 0 Å². The van der Waals surface area contributed by atoms with Gasteiger partial charge >= 0.3 is 5.97 Å². The summed E-state index contributed by atoms with van der Waals surface area (Å²) in [6.45, 7) is 2.33. The maximum atomic E-state index is 11.4. The summed E-state index contributed by atoms with van der Waals surface area (Å²) in [5.41, 5.74) is 0. The van der Waals surface area contributed by atoms with Gasteiger partial charge in [-0.25, -0.2) is 4.72 Å². The Hall–Kier alpha value is -0.660. The topological polar surface area (TPSA) is 86.7 Å². The van der Waals surface area contributed by atoms with Gasteiger partial charge in [-0.15, -0.1) is 0 Å². The molecule has 0 spiro atoms. The smallest absolute Gasteiger partial charge is 0.303 e. The van der Waals surface area contributed by atoms with Crippen LogP contribution in [0.4, 0.5) is 0 Å². The van der Waals surface area contributed by atoms with E-state index < -0.39 is 16.2 Å². The van der Waals surface area contributed by atoms with Crippen LogP contribution in [0.1, 0.15) is 32.6 Å². The van der Waals surface area contributed by atoms with Crippen LogP contribution in [0.2, 0.25) is 0 Å². The van der Waals surface area contributed by atoms with Crippen LogP contribution in [-0.4, -0.2) is 44.4 Å². The second-order valence-electron chi connectivity index (χ2n) is 4.18. The van der Waals surface area contributed by atoms with E-state index in [0.29, 0.717) is 19.4 Å². The van der Waals surface area contributed by atoms with Crippen molar-refractivity contribution < 1.29 is 18.3 Å². The summed E-state index contributed by atoms with van der Waals surface area (Å²) >= 11 is 0. The summed E-state index contributed by atoms with van der Waals surface area (Å²) in [5, 5.41) is 8.57. The molecule has 0 saturated heterocycles. The summed E-state index contributed by atoms with van der Waals surface area (Å²) in [6.07, 6.45) is 2.25. The van der Waals surface area contributed by atoms with Crippen molar-refractivity contribution in [1.82, 2.24) is 9.03 Å². The van der Waals surface area contributed by atoms with E-state index in [4.69, 9.17) is 5.11 Å². The lowest BCUT2D eigenvalue weighted by atomic mass is 9.97. The van der Waals surface area contributed by atoms with Crippen molar-refractivity contribution in [3.05, 3.63) is 0 Å². The molecule has 6 nitrogen and oxygen atoms in total. The number of hydrogen-bond acceptors (Lipinski definition) is 3. The van der Waals surface area contributed by atoms with Gasteiger partial charge in [-0.1, -0.05) is 13.3 Å². The van der Waals surface area contributed by atoms with Crippen LogP contribution in [0.25, 0.3) is 0 Å². The van der Waals surface area contributed by atoms with Gasteiger partial charge in [0, 0.05) is 27.1 Å². The molecule has 0 saturated carbocycles. The molecule has 0 rings (SSSR count). The second kappa shape index (κ2) is 7.62. The van der Waals surface area contributed by atoms with Crippen molar-refractivity contribution in [3.63, 3.8) is 0 Å². The molecule has 0 aromatic rings. The average Bonchev–Trinajstić information content (AvgIpc) is 2.22. The molecular weight excluding hydrogens is 244 g/mol. The standard InChI is InChI=1S/C10H22N2O4S/c1-4-9(5-6-10(13)14)7-8-11-17(15,16)12(2)3/h9,11H,4-8H2,1-3H3,(H,13,14). The predicted octanol–water partition coefficient (Wildman–Crippen LogP) is 0.664. The molecule has 0 fully saturated rings. The van der Waals surface area contributed by atoms with E-state index in [1.807, 2.05) is 6.92 Å². The largest absolute Gasteiger partial charge is 0.481 e. The van der Waals surface area contributed by atoms with Gasteiger partial charge in [0.25, 0.3) is 10.2 Å². The number of hydrogen-bond donors (Lipinski definition) is 2. The van der Waals surface area contributed by atoms with Crippen LogP contribution in [0.5, 0.6) is 0 Å². The third-order valence-electron chi connectivity index (χ3n) is 2.66. The molecule has 1 unspecified atom stereocenters. The first-order valence-electron chi connectivity index (χ1n) is 5.68. The van der Waals surface area contributed by atoms with Gasteiger partial charge in [-0.05, 0) is 18.8 Å². The highest BCUT2D eigenvalue weighted by Crippen LogP contribution is 2.14. The summed E-state index contributed by atoms with van der Waals surface area (Å²) in [7, 11) is -0.442. The Morgan fingerprint density at radius 2 is 1.94 bits per heavy atom. The third-order valence-corrected chi connectivity index (χ3v) is 4.19. The zero-order valence-corrected chi connectivity index (χ0v) is 11.5. The zero-order valence-electron chi connectivity index (χ0n) is 10.6. The van der Waals surface area contributed by atoms with Crippen molar-refractivity contribution >= 4 is 16.2 Å². The monoisotopic (exact) mass is 266 g/mol. The SMILES string of the molecule is CCC(CCNS(=O)(=O)N(C)C)CCC(=O)O. The Balaban J connectivity index is 3.96. The highest BCUT2D eigenvalue weighted by molar-refractivity contribution is 7.87. The normalized spacial score (nSPS) is 13.9. The first kappa shape index (κ1) is 16.3. The van der Waals surface area contributed by atoms with Crippen molar-refractivity contribution in [2.45, 2.75) is 32.6 Å². The van der Waals surface area contributed by atoms with E-state index in [2.05, 4.69) is 4.72 Å². The molecule has 17 heavy (non-hydrogen) atoms. The van der Waals surface area contributed by atoms with Gasteiger partial charge in [-0.3, -0.25) is 4.79 Å². The Morgan fingerprint density at radius 1 is 1.35 bits per heavy atom. The van der Waals surface area contributed by atoms with Gasteiger partial charge in [0.2, 0.25) is 0 Å². The van der Waals surface area contributed by atoms with Crippen LogP contribution in [0.15, 0.2) is 0 Å². The number of carbonyl (C=O) groups is 1. The van der Waals surface area contributed by atoms with E-state index in [-0.39, 0.29) is 12.3 Å². The number of aliphatic carboxylic acids is 1. The number of carboxylic acid groups (broad SMARTS) is 1. The van der Waals surface area contributed by atoms with Crippen LogP contribution in [-0.2, 0) is 15.0 Å². The summed E-state index contributed by atoms with van der Waals surface area (Å²) in [4.78, 5) is 10.4. The minimum absolute atomic E-state index is 0.138. The van der Waals surface area contributed by atoms with Crippen LogP contribution in [0, 0.1) is 5.92 Å². The third kappa shape index (κ3) is 7.30. The van der Waals surface area contributed by atoms with Gasteiger partial charge < -0.3 is 5.11 Å². The lowest BCUT2D eigenvalue weighted by Gasteiger charge is -2.16. The molecule has 0 aliphatic heterocycles. The number of rotatable bonds is 9. The molecule has 0 aliphatic carbocycles. The molecule has 0 aromatic carbocycles. The summed E-state index contributed by atoms with van der Waals surface area (Å²) in [6, 6.07) is 0. The van der Waals surface area contributed by atoms with Gasteiger partial charge in [0.05, 0.1) is 0 Å². The minimum Gasteiger partial charge on any atom is -0.481 e. The first-order chi connectivity index (χ1) is 7.79. The quantitative estimate of drug-likeness (QED) is 0.642. The Labute approximate surface area is 103 Å². The molecule has 0 amide bonds. The van der Waals surface area contributed by atoms with Gasteiger partial charge in [-0.2, -0.15) is 12.7 Å². The zero-order chi connectivity index (χ0) is 13.5. The van der Waals surface area contributed by atoms with Crippen molar-refractivity contribution in [2.24, 2.45) is 5.92 Å². The first-order valence-corrected chi connectivity index (χ1v) is 7.12. The van der Waals surface area contributed by atoms with Crippen LogP contribution < -0.4 is 4.72 Å². The number of nitrogens with one attached hydrogen (secondary N) is 1. The highest BCUT2D eigenvalue weighted by Gasteiger charge is 2.14. The van der Waals surface area contributed by atoms with E-state index in [9.17, 15) is 13.2 Å². The fraction of sp³-hybridized carbons (Fsp3) is 0.900. The second-order valence-corrected chi connectivity index (χ2v) is 6.15. The fourth-order valence-corrected chi connectivity index (χ4v) is 2.04. The Kier molecular flexibility index (Phi) is 7.33. The maximum absolute atomic E-state index is 11.4. The molecule has 2 N–H and O–H groups in total. The molecule has 0 bridgehead atoms. The molecule has 0 heterocycles. The van der Waals surface area contributed by atoms with Gasteiger partial charge in [0.15, 0.2) is 0 Å². The molecule has 102 valence electrons. The maximum Gasteiger partial charge on any atom is 0.303 e. The van der Waals surface area contributed by atoms with Crippen LogP contribution >= 0.6 is 0 Å². The molecule has 0 aliphatic rings. The minimum atomic E-state index is -3.37.